The molecular weight excluding hydrogens is 380 g/mol. The topological polar surface area (TPSA) is 92.3 Å². The highest BCUT2D eigenvalue weighted by Crippen LogP contribution is 2.32. The molecular formula is C23H24N4O3. The zero-order valence-electron chi connectivity index (χ0n) is 17.1. The van der Waals surface area contributed by atoms with Crippen molar-refractivity contribution in [3.05, 3.63) is 54.1 Å². The van der Waals surface area contributed by atoms with Crippen molar-refractivity contribution in [3.8, 4) is 11.4 Å². The lowest BCUT2D eigenvalue weighted by Crippen LogP contribution is -2.10. The Hall–Kier alpha value is -3.61. The Morgan fingerprint density at radius 1 is 1.03 bits per heavy atom. The fraction of sp³-hybridized carbons (Fsp3) is 0.261. The van der Waals surface area contributed by atoms with Crippen molar-refractivity contribution in [1.29, 1.82) is 0 Å². The van der Waals surface area contributed by atoms with Gasteiger partial charge in [-0.1, -0.05) is 31.9 Å². The van der Waals surface area contributed by atoms with E-state index in [0.717, 1.165) is 36.2 Å². The number of methoxy groups -OCH3 is 1. The van der Waals surface area contributed by atoms with Crippen molar-refractivity contribution < 1.29 is 14.3 Å². The lowest BCUT2D eigenvalue weighted by molar-refractivity contribution is 0.0501. The van der Waals surface area contributed by atoms with Gasteiger partial charge in [0.15, 0.2) is 5.65 Å². The molecule has 2 N–H and O–H groups in total. The Bertz CT molecular complexity index is 1200. The fourth-order valence-electron chi connectivity index (χ4n) is 3.44. The Morgan fingerprint density at radius 3 is 2.40 bits per heavy atom. The predicted molar refractivity (Wildman–Crippen MR) is 117 cm³/mol. The van der Waals surface area contributed by atoms with E-state index < -0.39 is 5.97 Å². The van der Waals surface area contributed by atoms with Crippen molar-refractivity contribution in [2.24, 2.45) is 0 Å². The molecule has 0 aliphatic rings. The van der Waals surface area contributed by atoms with Crippen LogP contribution in [0.2, 0.25) is 0 Å². The number of nitrogens with two attached hydrogens (primary N) is 1. The number of ether oxygens (including phenoxy) is 2. The number of unbranched alkanes of at least 4 members (excludes halogenated alkanes) is 2. The summed E-state index contributed by atoms with van der Waals surface area (Å²) in [4.78, 5) is 22.4. The van der Waals surface area contributed by atoms with E-state index in [1.54, 1.807) is 11.7 Å². The van der Waals surface area contributed by atoms with Crippen LogP contribution < -0.4 is 10.5 Å². The van der Waals surface area contributed by atoms with E-state index in [0.29, 0.717) is 23.3 Å². The molecule has 2 aromatic carbocycles. The number of nitrogens with zero attached hydrogens (tertiary/aromatic N) is 3. The van der Waals surface area contributed by atoms with E-state index in [-0.39, 0.29) is 11.4 Å². The largest absolute Gasteiger partial charge is 0.497 e. The van der Waals surface area contributed by atoms with Crippen LogP contribution in [0.5, 0.6) is 5.75 Å². The number of esters is 1. The summed E-state index contributed by atoms with van der Waals surface area (Å²) < 4.78 is 12.5. The summed E-state index contributed by atoms with van der Waals surface area (Å²) in [5.74, 6) is 0.497. The van der Waals surface area contributed by atoms with E-state index in [4.69, 9.17) is 25.2 Å². The third-order valence-corrected chi connectivity index (χ3v) is 5.01. The maximum absolute atomic E-state index is 12.9. The molecule has 2 aromatic heterocycles. The van der Waals surface area contributed by atoms with Crippen LogP contribution in [0, 0.1) is 0 Å². The van der Waals surface area contributed by atoms with Gasteiger partial charge < -0.3 is 15.2 Å². The molecule has 7 heteroatoms. The maximum Gasteiger partial charge on any atom is 0.344 e. The molecule has 0 radical (unpaired) electrons. The third kappa shape index (κ3) is 3.54. The van der Waals surface area contributed by atoms with Gasteiger partial charge in [-0.3, -0.25) is 4.57 Å². The third-order valence-electron chi connectivity index (χ3n) is 5.01. The standard InChI is InChI=1S/C23H24N4O3/c1-3-4-7-14-30-23(28)19-20-22(26-18-9-6-5-8-17(18)25-20)27(21(19)24)15-10-12-16(29-2)13-11-15/h5-6,8-13H,3-4,7,14,24H2,1-2H3. The molecule has 0 bridgehead atoms. The summed E-state index contributed by atoms with van der Waals surface area (Å²) in [5, 5.41) is 0. The summed E-state index contributed by atoms with van der Waals surface area (Å²) in [6.07, 6.45) is 2.86. The highest BCUT2D eigenvalue weighted by Gasteiger charge is 2.25. The zero-order chi connectivity index (χ0) is 21.1. The normalized spacial score (nSPS) is 11.1. The second kappa shape index (κ2) is 8.41. The number of rotatable bonds is 7. The van der Waals surface area contributed by atoms with E-state index in [1.807, 2.05) is 48.5 Å². The smallest absolute Gasteiger partial charge is 0.344 e. The van der Waals surface area contributed by atoms with Gasteiger partial charge in [-0.25, -0.2) is 14.8 Å². The second-order valence-electron chi connectivity index (χ2n) is 7.02. The van der Waals surface area contributed by atoms with E-state index >= 15 is 0 Å². The number of para-hydroxylation sites is 2. The van der Waals surface area contributed by atoms with Crippen LogP contribution in [0.1, 0.15) is 36.5 Å². The molecule has 0 fully saturated rings. The summed E-state index contributed by atoms with van der Waals surface area (Å²) in [6, 6.07) is 14.9. The van der Waals surface area contributed by atoms with E-state index in [2.05, 4.69) is 6.92 Å². The maximum atomic E-state index is 12.9. The number of hydrogen-bond donors (Lipinski definition) is 1. The quantitative estimate of drug-likeness (QED) is 0.360. The highest BCUT2D eigenvalue weighted by molar-refractivity contribution is 6.09. The number of benzene rings is 2. The molecule has 7 nitrogen and oxygen atoms in total. The first-order valence-electron chi connectivity index (χ1n) is 10.0. The number of carbonyl (C=O) groups is 1. The van der Waals surface area contributed by atoms with E-state index in [9.17, 15) is 4.79 Å². The first-order valence-corrected chi connectivity index (χ1v) is 10.0. The van der Waals surface area contributed by atoms with Gasteiger partial charge in [-0.2, -0.15) is 0 Å². The Labute approximate surface area is 174 Å². The summed E-state index contributed by atoms with van der Waals surface area (Å²) in [5.41, 5.74) is 9.82. The molecule has 0 aliphatic carbocycles. The average molecular weight is 404 g/mol. The number of carbonyl (C=O) groups excluding carboxylic acids is 1. The van der Waals surface area contributed by atoms with Gasteiger partial charge in [0.05, 0.1) is 24.8 Å². The molecule has 0 saturated heterocycles. The van der Waals surface area contributed by atoms with Crippen LogP contribution in [-0.2, 0) is 4.74 Å². The highest BCUT2D eigenvalue weighted by atomic mass is 16.5. The van der Waals surface area contributed by atoms with E-state index in [1.165, 1.54) is 0 Å². The minimum Gasteiger partial charge on any atom is -0.497 e. The number of aromatic nitrogens is 3. The molecule has 4 rings (SSSR count). The molecule has 0 aliphatic heterocycles. The van der Waals surface area contributed by atoms with Gasteiger partial charge in [0.25, 0.3) is 0 Å². The molecule has 30 heavy (non-hydrogen) atoms. The summed E-state index contributed by atoms with van der Waals surface area (Å²) in [7, 11) is 1.61. The molecule has 0 unspecified atom stereocenters. The van der Waals surface area contributed by atoms with Crippen molar-refractivity contribution in [3.63, 3.8) is 0 Å². The fourth-order valence-corrected chi connectivity index (χ4v) is 3.44. The monoisotopic (exact) mass is 404 g/mol. The van der Waals surface area contributed by atoms with Crippen LogP contribution in [0.25, 0.3) is 27.9 Å². The number of hydrogen-bond acceptors (Lipinski definition) is 6. The van der Waals surface area contributed by atoms with Gasteiger partial charge in [0.2, 0.25) is 0 Å². The van der Waals surface area contributed by atoms with Crippen molar-refractivity contribution in [2.45, 2.75) is 26.2 Å². The Kier molecular flexibility index (Phi) is 5.52. The van der Waals surface area contributed by atoms with Gasteiger partial charge in [0, 0.05) is 5.69 Å². The van der Waals surface area contributed by atoms with Crippen LogP contribution in [0.3, 0.4) is 0 Å². The molecule has 0 amide bonds. The molecule has 0 atom stereocenters. The lowest BCUT2D eigenvalue weighted by Gasteiger charge is -2.09. The Morgan fingerprint density at radius 2 is 1.73 bits per heavy atom. The number of fused-ring (bicyclic) bond motifs is 2. The van der Waals surface area contributed by atoms with Crippen LogP contribution >= 0.6 is 0 Å². The van der Waals surface area contributed by atoms with Crippen LogP contribution in [0.15, 0.2) is 48.5 Å². The summed E-state index contributed by atoms with van der Waals surface area (Å²) in [6.45, 7) is 2.45. The van der Waals surface area contributed by atoms with Gasteiger partial charge in [0.1, 0.15) is 22.6 Å². The molecule has 154 valence electrons. The molecule has 2 heterocycles. The minimum absolute atomic E-state index is 0.246. The number of anilines is 1. The van der Waals surface area contributed by atoms with Crippen LogP contribution in [0.4, 0.5) is 5.82 Å². The van der Waals surface area contributed by atoms with Crippen molar-refractivity contribution >= 4 is 34.0 Å². The van der Waals surface area contributed by atoms with Gasteiger partial charge >= 0.3 is 5.97 Å². The second-order valence-corrected chi connectivity index (χ2v) is 7.02. The summed E-state index contributed by atoms with van der Waals surface area (Å²) >= 11 is 0. The van der Waals surface area contributed by atoms with Gasteiger partial charge in [-0.15, -0.1) is 0 Å². The predicted octanol–water partition coefficient (Wildman–Crippen LogP) is 4.51. The number of nitrogen functional groups attached to an aromatic ring is 1. The first kappa shape index (κ1) is 19.7. The SMILES string of the molecule is CCCCCOC(=O)c1c(N)n(-c2ccc(OC)cc2)c2nc3ccccc3nc12. The first-order chi connectivity index (χ1) is 14.6. The van der Waals surface area contributed by atoms with Crippen LogP contribution in [-0.4, -0.2) is 34.2 Å². The molecule has 0 spiro atoms. The molecule has 4 aromatic rings. The van der Waals surface area contributed by atoms with Crippen molar-refractivity contribution in [2.75, 3.05) is 19.5 Å². The average Bonchev–Trinajstić information content (AvgIpc) is 3.05. The lowest BCUT2D eigenvalue weighted by atomic mass is 10.2. The van der Waals surface area contributed by atoms with Gasteiger partial charge in [-0.05, 0) is 42.8 Å². The zero-order valence-corrected chi connectivity index (χ0v) is 17.1. The van der Waals surface area contributed by atoms with Crippen molar-refractivity contribution in [1.82, 2.24) is 14.5 Å². The minimum atomic E-state index is -0.481. The Balaban J connectivity index is 1.88. The molecule has 0 saturated carbocycles.